The van der Waals surface area contributed by atoms with E-state index in [1.54, 1.807) is 11.3 Å². The summed E-state index contributed by atoms with van der Waals surface area (Å²) in [6.45, 7) is 3.54. The van der Waals surface area contributed by atoms with E-state index in [0.717, 1.165) is 46.3 Å². The van der Waals surface area contributed by atoms with E-state index in [-0.39, 0.29) is 11.5 Å². The van der Waals surface area contributed by atoms with Crippen molar-refractivity contribution >= 4 is 44.0 Å². The first-order chi connectivity index (χ1) is 9.68. The van der Waals surface area contributed by atoms with E-state index in [9.17, 15) is 0 Å². The van der Waals surface area contributed by atoms with Crippen LogP contribution in [0.5, 0.6) is 0 Å². The van der Waals surface area contributed by atoms with Crippen molar-refractivity contribution in [3.8, 4) is 0 Å². The van der Waals surface area contributed by atoms with Crippen molar-refractivity contribution in [2.45, 2.75) is 18.9 Å². The number of imidazole rings is 1. The first kappa shape index (κ1) is 13.2. The number of fused-ring (bicyclic) bond motifs is 1. The largest absolute Gasteiger partial charge is 0.379 e. The highest BCUT2D eigenvalue weighted by Crippen LogP contribution is 2.40. The summed E-state index contributed by atoms with van der Waals surface area (Å²) in [5.74, 6) is 0. The zero-order chi connectivity index (χ0) is 13.7. The van der Waals surface area contributed by atoms with Gasteiger partial charge in [-0.15, -0.1) is 5.10 Å². The standard InChI is InChI=1S/C12H16IN5OS/c13-9-5-15-10-18(9)16-11(20-10)17-3-1-12(2-4-17)7-19-6-8(12)14/h5,8H,1-4,6-7,14H2. The molecule has 2 fully saturated rings. The maximum absolute atomic E-state index is 6.22. The summed E-state index contributed by atoms with van der Waals surface area (Å²) in [4.78, 5) is 7.68. The monoisotopic (exact) mass is 405 g/mol. The fourth-order valence-electron chi connectivity index (χ4n) is 3.12. The maximum atomic E-state index is 6.22. The number of aromatic nitrogens is 3. The van der Waals surface area contributed by atoms with Crippen LogP contribution in [-0.4, -0.2) is 46.9 Å². The van der Waals surface area contributed by atoms with E-state index in [1.807, 2.05) is 10.7 Å². The van der Waals surface area contributed by atoms with Gasteiger partial charge in [0.15, 0.2) is 0 Å². The third-order valence-corrected chi connectivity index (χ3v) is 6.26. The van der Waals surface area contributed by atoms with Crippen molar-refractivity contribution in [3.63, 3.8) is 0 Å². The Balaban J connectivity index is 1.53. The lowest BCUT2D eigenvalue weighted by Crippen LogP contribution is -2.49. The van der Waals surface area contributed by atoms with Gasteiger partial charge in [0.2, 0.25) is 10.1 Å². The van der Waals surface area contributed by atoms with E-state index in [2.05, 4.69) is 37.6 Å². The minimum absolute atomic E-state index is 0.194. The normalized spacial score (nSPS) is 25.9. The van der Waals surface area contributed by atoms with Gasteiger partial charge in [0.25, 0.3) is 0 Å². The topological polar surface area (TPSA) is 68.7 Å². The Labute approximate surface area is 134 Å². The van der Waals surface area contributed by atoms with Crippen LogP contribution >= 0.6 is 33.9 Å². The number of hydrogen-bond donors (Lipinski definition) is 1. The Bertz CT molecular complexity index is 633. The molecule has 108 valence electrons. The van der Waals surface area contributed by atoms with Crippen molar-refractivity contribution in [1.29, 1.82) is 0 Å². The van der Waals surface area contributed by atoms with E-state index in [0.29, 0.717) is 6.61 Å². The first-order valence-electron chi connectivity index (χ1n) is 6.76. The Morgan fingerprint density at radius 3 is 2.90 bits per heavy atom. The highest BCUT2D eigenvalue weighted by Gasteiger charge is 2.44. The number of nitrogens with two attached hydrogens (primary N) is 1. The van der Waals surface area contributed by atoms with E-state index in [4.69, 9.17) is 10.5 Å². The smallest absolute Gasteiger partial charge is 0.214 e. The SMILES string of the molecule is NC1COCC12CCN(c1nn3c(I)cnc3s1)CC2. The first-order valence-corrected chi connectivity index (χ1v) is 8.66. The highest BCUT2D eigenvalue weighted by molar-refractivity contribution is 14.1. The van der Waals surface area contributed by atoms with Crippen molar-refractivity contribution in [2.75, 3.05) is 31.2 Å². The van der Waals surface area contributed by atoms with Crippen LogP contribution in [0.4, 0.5) is 5.13 Å². The summed E-state index contributed by atoms with van der Waals surface area (Å²) in [7, 11) is 0. The van der Waals surface area contributed by atoms with Gasteiger partial charge < -0.3 is 15.4 Å². The minimum atomic E-state index is 0.194. The van der Waals surface area contributed by atoms with Crippen LogP contribution in [0.2, 0.25) is 0 Å². The van der Waals surface area contributed by atoms with Crippen LogP contribution in [0.1, 0.15) is 12.8 Å². The Morgan fingerprint density at radius 1 is 1.45 bits per heavy atom. The van der Waals surface area contributed by atoms with Crippen molar-refractivity contribution < 1.29 is 4.74 Å². The molecule has 2 saturated heterocycles. The highest BCUT2D eigenvalue weighted by atomic mass is 127. The zero-order valence-corrected chi connectivity index (χ0v) is 13.9. The maximum Gasteiger partial charge on any atom is 0.214 e. The molecule has 8 heteroatoms. The van der Waals surface area contributed by atoms with E-state index >= 15 is 0 Å². The number of hydrogen-bond acceptors (Lipinski definition) is 6. The Kier molecular flexibility index (Phi) is 3.17. The fraction of sp³-hybridized carbons (Fsp3) is 0.667. The third kappa shape index (κ3) is 1.96. The molecule has 1 atom stereocenters. The average molecular weight is 405 g/mol. The molecule has 20 heavy (non-hydrogen) atoms. The second kappa shape index (κ2) is 4.79. The van der Waals surface area contributed by atoms with Gasteiger partial charge in [-0.1, -0.05) is 11.3 Å². The van der Waals surface area contributed by atoms with Gasteiger partial charge in [-0.3, -0.25) is 0 Å². The molecule has 6 nitrogen and oxygen atoms in total. The second-order valence-corrected chi connectivity index (χ2v) is 7.67. The Morgan fingerprint density at radius 2 is 2.25 bits per heavy atom. The molecule has 2 aliphatic rings. The van der Waals surface area contributed by atoms with Gasteiger partial charge in [-0.25, -0.2) is 4.98 Å². The van der Waals surface area contributed by atoms with Crippen LogP contribution in [-0.2, 0) is 4.74 Å². The van der Waals surface area contributed by atoms with E-state index < -0.39 is 0 Å². The van der Waals surface area contributed by atoms with Gasteiger partial charge in [0.1, 0.15) is 3.70 Å². The molecule has 1 spiro atoms. The van der Waals surface area contributed by atoms with Crippen molar-refractivity contribution in [3.05, 3.63) is 9.90 Å². The van der Waals surface area contributed by atoms with Crippen LogP contribution in [0, 0.1) is 9.12 Å². The summed E-state index contributed by atoms with van der Waals surface area (Å²) in [5.41, 5.74) is 6.42. The van der Waals surface area contributed by atoms with Crippen LogP contribution < -0.4 is 10.6 Å². The number of piperidine rings is 1. The number of rotatable bonds is 1. The second-order valence-electron chi connectivity index (χ2n) is 5.63. The fourth-order valence-corrected chi connectivity index (χ4v) is 4.68. The summed E-state index contributed by atoms with van der Waals surface area (Å²) in [6.07, 6.45) is 4.03. The minimum Gasteiger partial charge on any atom is -0.379 e. The molecule has 0 saturated carbocycles. The molecule has 0 aromatic carbocycles. The number of ether oxygens (including phenoxy) is 1. The lowest BCUT2D eigenvalue weighted by molar-refractivity contribution is 0.132. The van der Waals surface area contributed by atoms with Gasteiger partial charge in [-0.2, -0.15) is 4.52 Å². The molecule has 2 aromatic rings. The molecule has 0 aliphatic carbocycles. The molecule has 0 radical (unpaired) electrons. The number of nitrogens with zero attached hydrogens (tertiary/aromatic N) is 4. The van der Waals surface area contributed by atoms with Gasteiger partial charge in [0.05, 0.1) is 19.4 Å². The van der Waals surface area contributed by atoms with E-state index in [1.165, 1.54) is 0 Å². The third-order valence-electron chi connectivity index (χ3n) is 4.54. The molecular formula is C12H16IN5OS. The molecule has 4 heterocycles. The number of halogens is 1. The summed E-state index contributed by atoms with van der Waals surface area (Å²) in [5, 5.41) is 5.72. The molecule has 1 unspecified atom stereocenters. The van der Waals surface area contributed by atoms with Crippen molar-refractivity contribution in [2.24, 2.45) is 11.1 Å². The molecule has 2 aliphatic heterocycles. The predicted octanol–water partition coefficient (Wildman–Crippen LogP) is 1.34. The summed E-state index contributed by atoms with van der Waals surface area (Å²) >= 11 is 3.91. The quantitative estimate of drug-likeness (QED) is 0.726. The van der Waals surface area contributed by atoms with Crippen LogP contribution in [0.25, 0.3) is 4.96 Å². The molecule has 2 N–H and O–H groups in total. The average Bonchev–Trinajstić information content (AvgIpc) is 3.11. The number of anilines is 1. The molecule has 0 amide bonds. The lowest BCUT2D eigenvalue weighted by Gasteiger charge is -2.40. The van der Waals surface area contributed by atoms with Gasteiger partial charge in [-0.05, 0) is 35.4 Å². The van der Waals surface area contributed by atoms with Crippen LogP contribution in [0.15, 0.2) is 6.20 Å². The lowest BCUT2D eigenvalue weighted by atomic mass is 9.75. The molecular weight excluding hydrogens is 389 g/mol. The summed E-state index contributed by atoms with van der Waals surface area (Å²) in [6, 6.07) is 0.194. The van der Waals surface area contributed by atoms with Crippen LogP contribution in [0.3, 0.4) is 0 Å². The molecule has 4 rings (SSSR count). The zero-order valence-electron chi connectivity index (χ0n) is 11.0. The predicted molar refractivity (Wildman–Crippen MR) is 86.3 cm³/mol. The molecule has 2 aromatic heterocycles. The van der Waals surface area contributed by atoms with Gasteiger partial charge in [0, 0.05) is 24.5 Å². The molecule has 0 bridgehead atoms. The van der Waals surface area contributed by atoms with Crippen molar-refractivity contribution in [1.82, 2.24) is 14.6 Å². The van der Waals surface area contributed by atoms with Gasteiger partial charge >= 0.3 is 0 Å². The Hall–Kier alpha value is -0.450. The summed E-state index contributed by atoms with van der Waals surface area (Å²) < 4.78 is 8.54.